The predicted octanol–water partition coefficient (Wildman–Crippen LogP) is -4.35. The van der Waals surface area contributed by atoms with E-state index in [0.29, 0.717) is 0 Å². The van der Waals surface area contributed by atoms with Crippen molar-refractivity contribution in [1.29, 1.82) is 5.26 Å². The first-order chi connectivity index (χ1) is 2.77. The maximum atomic E-state index is 9.27. The van der Waals surface area contributed by atoms with Crippen LogP contribution in [0.25, 0.3) is 0 Å². The molecule has 32 valence electrons. The van der Waals surface area contributed by atoms with Gasteiger partial charge < -0.3 is 9.90 Å². The fourth-order valence-corrected chi connectivity index (χ4v) is 0.0645. The number of hydrogen-bond acceptors (Lipinski definition) is 3. The zero-order valence-electron chi connectivity index (χ0n) is 3.97. The van der Waals surface area contributed by atoms with Crippen LogP contribution in [0.15, 0.2) is 0 Å². The Morgan fingerprint density at radius 2 is 2.29 bits per heavy atom. The van der Waals surface area contributed by atoms with Gasteiger partial charge in [0.05, 0.1) is 18.5 Å². The largest absolute Gasteiger partial charge is 1.00 e. The summed E-state index contributed by atoms with van der Waals surface area (Å²) in [5.74, 6) is -1.32. The Morgan fingerprint density at radius 1 is 1.86 bits per heavy atom. The summed E-state index contributed by atoms with van der Waals surface area (Å²) < 4.78 is 0. The normalized spacial score (nSPS) is 5.57. The molecule has 0 atom stereocenters. The van der Waals surface area contributed by atoms with E-state index in [9.17, 15) is 9.90 Å². The summed E-state index contributed by atoms with van der Waals surface area (Å²) in [6.07, 6.45) is -0.514. The average Bonchev–Trinajstić information content (AvgIpc) is 1.35. The second-order valence-corrected chi connectivity index (χ2v) is 0.707. The molecule has 0 radical (unpaired) electrons. The molecule has 3 nitrogen and oxygen atoms in total. The van der Waals surface area contributed by atoms with Crippen molar-refractivity contribution in [2.24, 2.45) is 0 Å². The number of nitrogens with zero attached hydrogens (tertiary/aromatic N) is 1. The van der Waals surface area contributed by atoms with E-state index >= 15 is 0 Å². The molecule has 0 aliphatic heterocycles. The van der Waals surface area contributed by atoms with Crippen molar-refractivity contribution in [1.82, 2.24) is 0 Å². The molecule has 7 heavy (non-hydrogen) atoms. The van der Waals surface area contributed by atoms with Gasteiger partial charge in [0.25, 0.3) is 0 Å². The minimum atomic E-state index is -1.32. The molecule has 0 unspecified atom stereocenters. The van der Waals surface area contributed by atoms with Gasteiger partial charge >= 0.3 is 29.6 Å². The summed E-state index contributed by atoms with van der Waals surface area (Å²) in [4.78, 5) is 9.27. The van der Waals surface area contributed by atoms with E-state index in [-0.39, 0.29) is 29.6 Å². The standard InChI is InChI=1S/C3H3NO2.Na/c4-2-1-3(5)6;/h1H2,(H,5,6);/q;+1/p-1. The van der Waals surface area contributed by atoms with Gasteiger partial charge in [-0.2, -0.15) is 5.26 Å². The number of carboxylic acids is 1. The molecule has 0 heterocycles. The van der Waals surface area contributed by atoms with Gasteiger partial charge in [-0.05, 0) is 0 Å². The molecule has 4 heteroatoms. The van der Waals surface area contributed by atoms with Crippen LogP contribution in [0.5, 0.6) is 0 Å². The van der Waals surface area contributed by atoms with Crippen molar-refractivity contribution < 1.29 is 39.5 Å². The van der Waals surface area contributed by atoms with Crippen LogP contribution in [0, 0.1) is 11.3 Å². The van der Waals surface area contributed by atoms with Crippen molar-refractivity contribution in [3.05, 3.63) is 0 Å². The first kappa shape index (κ1) is 10.0. The molecule has 0 saturated carbocycles. The van der Waals surface area contributed by atoms with Gasteiger partial charge in [0.2, 0.25) is 0 Å². The van der Waals surface area contributed by atoms with Crippen LogP contribution < -0.4 is 34.7 Å². The molecule has 0 fully saturated rings. The van der Waals surface area contributed by atoms with Crippen LogP contribution in [0.1, 0.15) is 6.42 Å². The number of hydrogen-bond donors (Lipinski definition) is 0. The average molecular weight is 107 g/mol. The van der Waals surface area contributed by atoms with Crippen molar-refractivity contribution in [3.63, 3.8) is 0 Å². The van der Waals surface area contributed by atoms with Crippen molar-refractivity contribution in [3.8, 4) is 6.07 Å². The minimum absolute atomic E-state index is 0. The number of nitriles is 1. The Labute approximate surface area is 63.2 Å². The molecule has 0 aromatic heterocycles. The SMILES string of the molecule is N#CCC(=O)[O-].[Na+]. The fourth-order valence-electron chi connectivity index (χ4n) is 0.0645. The van der Waals surface area contributed by atoms with Gasteiger partial charge in [0.1, 0.15) is 0 Å². The monoisotopic (exact) mass is 107 g/mol. The molecule has 0 aliphatic rings. The first-order valence-corrected chi connectivity index (χ1v) is 1.34. The third-order valence-electron chi connectivity index (χ3n) is 0.223. The van der Waals surface area contributed by atoms with Crippen LogP contribution in [0.2, 0.25) is 0 Å². The number of carboxylic acid groups (broad SMARTS) is 1. The molecule has 0 amide bonds. The molecule has 0 bridgehead atoms. The van der Waals surface area contributed by atoms with E-state index in [1.54, 1.807) is 0 Å². The van der Waals surface area contributed by atoms with E-state index < -0.39 is 12.4 Å². The van der Waals surface area contributed by atoms with Gasteiger partial charge in [-0.25, -0.2) is 0 Å². The van der Waals surface area contributed by atoms with Gasteiger partial charge in [-0.3, -0.25) is 0 Å². The van der Waals surface area contributed by atoms with Crippen LogP contribution >= 0.6 is 0 Å². The Balaban J connectivity index is 0. The zero-order chi connectivity index (χ0) is 4.99. The zero-order valence-corrected chi connectivity index (χ0v) is 5.97. The summed E-state index contributed by atoms with van der Waals surface area (Å²) in [6.45, 7) is 0. The van der Waals surface area contributed by atoms with E-state index in [2.05, 4.69) is 0 Å². The Bertz CT molecular complexity index is 95.6. The minimum Gasteiger partial charge on any atom is -0.549 e. The van der Waals surface area contributed by atoms with Crippen LogP contribution in [0.4, 0.5) is 0 Å². The van der Waals surface area contributed by atoms with E-state index in [4.69, 9.17) is 5.26 Å². The molecule has 0 rings (SSSR count). The maximum Gasteiger partial charge on any atom is 1.00 e. The first-order valence-electron chi connectivity index (χ1n) is 1.34. The Hall–Kier alpha value is -0.0400. The number of aliphatic carboxylic acids is 1. The fraction of sp³-hybridized carbons (Fsp3) is 0.333. The molecule has 0 aliphatic carbocycles. The predicted molar refractivity (Wildman–Crippen MR) is 15.2 cm³/mol. The molecule has 0 aromatic rings. The van der Waals surface area contributed by atoms with Crippen molar-refractivity contribution in [2.75, 3.05) is 0 Å². The third-order valence-corrected chi connectivity index (χ3v) is 0.223. The smallest absolute Gasteiger partial charge is 0.549 e. The molecule has 0 saturated heterocycles. The quantitative estimate of drug-likeness (QED) is 0.318. The Kier molecular flexibility index (Phi) is 8.56. The van der Waals surface area contributed by atoms with Crippen molar-refractivity contribution in [2.45, 2.75) is 6.42 Å². The number of rotatable bonds is 1. The second kappa shape index (κ2) is 5.96. The van der Waals surface area contributed by atoms with Gasteiger partial charge in [-0.15, -0.1) is 0 Å². The number of carbonyl (C=O) groups is 1. The van der Waals surface area contributed by atoms with Crippen LogP contribution in [-0.2, 0) is 4.79 Å². The van der Waals surface area contributed by atoms with Gasteiger partial charge in [-0.1, -0.05) is 0 Å². The summed E-state index contributed by atoms with van der Waals surface area (Å²) in [6, 6.07) is 1.41. The van der Waals surface area contributed by atoms with Gasteiger partial charge in [0.15, 0.2) is 0 Å². The summed E-state index contributed by atoms with van der Waals surface area (Å²) in [7, 11) is 0. The topological polar surface area (TPSA) is 63.9 Å². The number of carbonyl (C=O) groups excluding carboxylic acids is 1. The molecule has 0 spiro atoms. The van der Waals surface area contributed by atoms with Crippen LogP contribution in [0.3, 0.4) is 0 Å². The summed E-state index contributed by atoms with van der Waals surface area (Å²) in [5.41, 5.74) is 0. The molecular formula is C3H2NNaO2. The van der Waals surface area contributed by atoms with Crippen LogP contribution in [-0.4, -0.2) is 5.97 Å². The van der Waals surface area contributed by atoms with E-state index in [1.807, 2.05) is 0 Å². The molecular weight excluding hydrogens is 105 g/mol. The summed E-state index contributed by atoms with van der Waals surface area (Å²) in [5, 5.41) is 16.8. The summed E-state index contributed by atoms with van der Waals surface area (Å²) >= 11 is 0. The molecule has 0 aromatic carbocycles. The maximum absolute atomic E-state index is 9.27. The second-order valence-electron chi connectivity index (χ2n) is 0.707. The van der Waals surface area contributed by atoms with E-state index in [1.165, 1.54) is 6.07 Å². The third kappa shape index (κ3) is 10.7. The van der Waals surface area contributed by atoms with E-state index in [0.717, 1.165) is 0 Å². The van der Waals surface area contributed by atoms with Crippen molar-refractivity contribution >= 4 is 5.97 Å². The van der Waals surface area contributed by atoms with Gasteiger partial charge in [0, 0.05) is 0 Å². The Morgan fingerprint density at radius 3 is 2.29 bits per heavy atom. The molecule has 0 N–H and O–H groups in total.